The molecule has 3 aromatic carbocycles. The topological polar surface area (TPSA) is 54.9 Å². The smallest absolute Gasteiger partial charge is 0.279 e. The molecule has 0 aliphatic heterocycles. The molecule has 0 unspecified atom stereocenters. The van der Waals surface area contributed by atoms with Crippen molar-refractivity contribution in [1.29, 1.82) is 0 Å². The Labute approximate surface area is 158 Å². The lowest BCUT2D eigenvalue weighted by Gasteiger charge is -2.14. The van der Waals surface area contributed by atoms with Crippen LogP contribution in [-0.4, -0.2) is 19.6 Å². The minimum Gasteiger partial charge on any atom is -0.495 e. The summed E-state index contributed by atoms with van der Waals surface area (Å²) in [6.07, 6.45) is 0. The number of nitrogens with one attached hydrogen (secondary N) is 1. The summed E-state index contributed by atoms with van der Waals surface area (Å²) in [5.41, 5.74) is 1.88. The minimum atomic E-state index is -0.0710. The zero-order valence-electron chi connectivity index (χ0n) is 14.8. The van der Waals surface area contributed by atoms with E-state index in [0.717, 1.165) is 0 Å². The van der Waals surface area contributed by atoms with E-state index in [1.807, 2.05) is 17.4 Å². The molecule has 0 fully saturated rings. The highest BCUT2D eigenvalue weighted by molar-refractivity contribution is 6.32. The highest BCUT2D eigenvalue weighted by Gasteiger charge is 2.14. The largest absolute Gasteiger partial charge is 0.495 e. The predicted octanol–water partition coefficient (Wildman–Crippen LogP) is 3.76. The Kier molecular flexibility index (Phi) is 5.76. The van der Waals surface area contributed by atoms with Crippen molar-refractivity contribution in [2.75, 3.05) is 19.0 Å². The molecule has 4 nitrogen and oxygen atoms in total. The van der Waals surface area contributed by atoms with Crippen LogP contribution in [0, 0.1) is 0 Å². The molecular formula is C21H22ClN2O2+. The van der Waals surface area contributed by atoms with Gasteiger partial charge in [0.2, 0.25) is 0 Å². The van der Waals surface area contributed by atoms with Gasteiger partial charge in [0.1, 0.15) is 11.8 Å². The Bertz CT molecular complexity index is 922. The van der Waals surface area contributed by atoms with Crippen molar-refractivity contribution in [3.8, 4) is 5.75 Å². The summed E-state index contributed by atoms with van der Waals surface area (Å²) in [6, 6.07) is 19.9. The summed E-state index contributed by atoms with van der Waals surface area (Å²) in [7, 11) is 1.56. The first-order valence-electron chi connectivity index (χ1n) is 8.53. The van der Waals surface area contributed by atoms with Gasteiger partial charge in [0.15, 0.2) is 6.54 Å². The molecule has 1 atom stereocenters. The first-order chi connectivity index (χ1) is 12.6. The van der Waals surface area contributed by atoms with Crippen molar-refractivity contribution >= 4 is 34.0 Å². The summed E-state index contributed by atoms with van der Waals surface area (Å²) >= 11 is 6.09. The highest BCUT2D eigenvalue weighted by Crippen LogP contribution is 2.27. The molecule has 0 radical (unpaired) electrons. The van der Waals surface area contributed by atoms with Crippen molar-refractivity contribution in [3.05, 3.63) is 71.2 Å². The van der Waals surface area contributed by atoms with Gasteiger partial charge in [-0.2, -0.15) is 0 Å². The van der Waals surface area contributed by atoms with E-state index in [-0.39, 0.29) is 11.9 Å². The third kappa shape index (κ3) is 4.15. The normalized spacial score (nSPS) is 12.0. The summed E-state index contributed by atoms with van der Waals surface area (Å²) in [6.45, 7) is 2.44. The van der Waals surface area contributed by atoms with E-state index in [2.05, 4.69) is 42.6 Å². The van der Waals surface area contributed by atoms with Gasteiger partial charge in [-0.15, -0.1) is 0 Å². The van der Waals surface area contributed by atoms with Crippen LogP contribution in [0.1, 0.15) is 18.5 Å². The monoisotopic (exact) mass is 369 g/mol. The number of amides is 1. The second-order valence-electron chi connectivity index (χ2n) is 6.19. The van der Waals surface area contributed by atoms with Crippen molar-refractivity contribution in [2.45, 2.75) is 13.0 Å². The molecule has 0 spiro atoms. The highest BCUT2D eigenvalue weighted by atomic mass is 35.5. The summed E-state index contributed by atoms with van der Waals surface area (Å²) in [5, 5.41) is 7.80. The molecule has 1 amide bonds. The van der Waals surface area contributed by atoms with Gasteiger partial charge in [0.25, 0.3) is 5.91 Å². The number of ether oxygens (including phenoxy) is 1. The fraction of sp³-hybridized carbons (Fsp3) is 0.190. The van der Waals surface area contributed by atoms with E-state index >= 15 is 0 Å². The number of carbonyl (C=O) groups is 1. The number of fused-ring (bicyclic) bond motifs is 1. The number of hydrogen-bond donors (Lipinski definition) is 2. The number of benzene rings is 3. The van der Waals surface area contributed by atoms with Crippen LogP contribution in [0.3, 0.4) is 0 Å². The number of methoxy groups -OCH3 is 1. The Morgan fingerprint density at radius 2 is 1.92 bits per heavy atom. The molecule has 134 valence electrons. The Balaban J connectivity index is 1.63. The number of anilines is 1. The molecule has 0 aliphatic rings. The summed E-state index contributed by atoms with van der Waals surface area (Å²) in [5.74, 6) is 0.513. The molecule has 3 aromatic rings. The van der Waals surface area contributed by atoms with E-state index in [9.17, 15) is 4.79 Å². The maximum Gasteiger partial charge on any atom is 0.279 e. The van der Waals surface area contributed by atoms with Crippen LogP contribution >= 0.6 is 11.6 Å². The number of nitrogens with two attached hydrogens (primary N) is 1. The third-order valence-corrected chi connectivity index (χ3v) is 4.70. The first-order valence-corrected chi connectivity index (χ1v) is 8.90. The van der Waals surface area contributed by atoms with Gasteiger partial charge in [-0.05, 0) is 35.9 Å². The average molecular weight is 370 g/mol. The van der Waals surface area contributed by atoms with Crippen molar-refractivity contribution < 1.29 is 14.8 Å². The Morgan fingerprint density at radius 1 is 1.15 bits per heavy atom. The van der Waals surface area contributed by atoms with E-state index in [1.165, 1.54) is 16.3 Å². The quantitative estimate of drug-likeness (QED) is 0.695. The molecule has 0 bridgehead atoms. The molecule has 0 aromatic heterocycles. The van der Waals surface area contributed by atoms with E-state index < -0.39 is 0 Å². The van der Waals surface area contributed by atoms with Gasteiger partial charge < -0.3 is 15.4 Å². The molecule has 3 rings (SSSR count). The molecule has 0 aliphatic carbocycles. The molecule has 5 heteroatoms. The number of halogens is 1. The predicted molar refractivity (Wildman–Crippen MR) is 106 cm³/mol. The number of rotatable bonds is 6. The van der Waals surface area contributed by atoms with Crippen molar-refractivity contribution in [1.82, 2.24) is 0 Å². The maximum absolute atomic E-state index is 12.3. The first kappa shape index (κ1) is 18.2. The molecular weight excluding hydrogens is 348 g/mol. The van der Waals surface area contributed by atoms with Crippen LogP contribution in [-0.2, 0) is 4.79 Å². The van der Waals surface area contributed by atoms with E-state index in [1.54, 1.807) is 25.3 Å². The number of quaternary nitrogens is 1. The SMILES string of the molecule is COc1ccc(NC(=O)C[NH2+][C@@H](C)c2cccc3ccccc23)cc1Cl. The molecule has 0 saturated heterocycles. The minimum absolute atomic E-state index is 0.0710. The van der Waals surface area contributed by atoms with Crippen LogP contribution in [0.5, 0.6) is 5.75 Å². The standard InChI is InChI=1S/C21H21ClN2O2/c1-14(17-9-5-7-15-6-3-4-8-18(15)17)23-13-21(25)24-16-10-11-20(26-2)19(22)12-16/h3-12,14,23H,13H2,1-2H3,(H,24,25)/p+1/t14-/m0/s1. The summed E-state index contributed by atoms with van der Waals surface area (Å²) < 4.78 is 5.12. The second kappa shape index (κ2) is 8.21. The number of hydrogen-bond acceptors (Lipinski definition) is 2. The fourth-order valence-electron chi connectivity index (χ4n) is 3.01. The van der Waals surface area contributed by atoms with Gasteiger partial charge in [0.05, 0.1) is 12.1 Å². The Hall–Kier alpha value is -2.56. The lowest BCUT2D eigenvalue weighted by atomic mass is 10.00. The average Bonchev–Trinajstić information content (AvgIpc) is 2.66. The number of carbonyl (C=O) groups excluding carboxylic acids is 1. The van der Waals surface area contributed by atoms with Crippen LogP contribution in [0.25, 0.3) is 10.8 Å². The molecule has 26 heavy (non-hydrogen) atoms. The fourth-order valence-corrected chi connectivity index (χ4v) is 3.27. The Morgan fingerprint density at radius 3 is 2.69 bits per heavy atom. The van der Waals surface area contributed by atoms with Gasteiger partial charge in [0, 0.05) is 11.3 Å². The third-order valence-electron chi connectivity index (χ3n) is 4.41. The van der Waals surface area contributed by atoms with Crippen LogP contribution < -0.4 is 15.4 Å². The van der Waals surface area contributed by atoms with Gasteiger partial charge in [-0.25, -0.2) is 0 Å². The van der Waals surface area contributed by atoms with Gasteiger partial charge in [-0.3, -0.25) is 4.79 Å². The van der Waals surface area contributed by atoms with Crippen LogP contribution in [0.2, 0.25) is 5.02 Å². The lowest BCUT2D eigenvalue weighted by molar-refractivity contribution is -0.682. The summed E-state index contributed by atoms with van der Waals surface area (Å²) in [4.78, 5) is 12.3. The van der Waals surface area contributed by atoms with E-state index in [4.69, 9.17) is 16.3 Å². The van der Waals surface area contributed by atoms with Crippen LogP contribution in [0.4, 0.5) is 5.69 Å². The zero-order chi connectivity index (χ0) is 18.5. The van der Waals surface area contributed by atoms with Crippen LogP contribution in [0.15, 0.2) is 60.7 Å². The van der Waals surface area contributed by atoms with Crippen molar-refractivity contribution in [2.24, 2.45) is 0 Å². The van der Waals surface area contributed by atoms with E-state index in [0.29, 0.717) is 23.0 Å². The zero-order valence-corrected chi connectivity index (χ0v) is 15.6. The molecule has 3 N–H and O–H groups in total. The lowest BCUT2D eigenvalue weighted by Crippen LogP contribution is -2.86. The van der Waals surface area contributed by atoms with Gasteiger partial charge >= 0.3 is 0 Å². The maximum atomic E-state index is 12.3. The van der Waals surface area contributed by atoms with Crippen molar-refractivity contribution in [3.63, 3.8) is 0 Å². The second-order valence-corrected chi connectivity index (χ2v) is 6.60. The molecule has 0 heterocycles. The van der Waals surface area contributed by atoms with Gasteiger partial charge in [-0.1, -0.05) is 54.1 Å². The molecule has 0 saturated carbocycles.